The number of aryl methyl sites for hydroxylation is 1. The SMILES string of the molecule is CCOC(=O)c1sc(NC(=O)c2c(-c3ccccc3Cl)noc2C)c(C#N)c1C. The Bertz CT molecular complexity index is 1140. The number of hydrogen-bond donors (Lipinski definition) is 1. The molecular formula is C20H16ClN3O4S. The Labute approximate surface area is 175 Å². The minimum Gasteiger partial charge on any atom is -0.462 e. The number of nitriles is 1. The number of rotatable bonds is 5. The molecule has 3 rings (SSSR count). The molecule has 7 nitrogen and oxygen atoms in total. The zero-order chi connectivity index (χ0) is 21.1. The van der Waals surface area contributed by atoms with Gasteiger partial charge in [0.05, 0.1) is 17.2 Å². The van der Waals surface area contributed by atoms with Crippen LogP contribution in [0.5, 0.6) is 0 Å². The van der Waals surface area contributed by atoms with Crippen molar-refractivity contribution in [2.45, 2.75) is 20.8 Å². The van der Waals surface area contributed by atoms with Gasteiger partial charge in [0.15, 0.2) is 0 Å². The monoisotopic (exact) mass is 429 g/mol. The Balaban J connectivity index is 2.00. The quantitative estimate of drug-likeness (QED) is 0.573. The fourth-order valence-corrected chi connectivity index (χ4v) is 4.04. The number of amides is 1. The van der Waals surface area contributed by atoms with Gasteiger partial charge in [-0.25, -0.2) is 4.79 Å². The molecule has 0 atom stereocenters. The highest BCUT2D eigenvalue weighted by molar-refractivity contribution is 7.18. The van der Waals surface area contributed by atoms with Gasteiger partial charge in [-0.15, -0.1) is 11.3 Å². The molecule has 0 unspecified atom stereocenters. The average molecular weight is 430 g/mol. The van der Waals surface area contributed by atoms with E-state index < -0.39 is 11.9 Å². The summed E-state index contributed by atoms with van der Waals surface area (Å²) in [6.45, 7) is 5.15. The molecule has 3 aromatic rings. The molecule has 1 N–H and O–H groups in total. The Morgan fingerprint density at radius 3 is 2.72 bits per heavy atom. The number of esters is 1. The smallest absolute Gasteiger partial charge is 0.348 e. The van der Waals surface area contributed by atoms with Crippen LogP contribution in [0.4, 0.5) is 5.00 Å². The van der Waals surface area contributed by atoms with Crippen LogP contribution in [-0.4, -0.2) is 23.6 Å². The van der Waals surface area contributed by atoms with E-state index in [0.717, 1.165) is 11.3 Å². The van der Waals surface area contributed by atoms with E-state index in [0.29, 0.717) is 27.6 Å². The molecule has 1 aromatic carbocycles. The second kappa shape index (κ2) is 8.47. The number of halogens is 1. The Hall–Kier alpha value is -3.15. The zero-order valence-corrected chi connectivity index (χ0v) is 17.4. The predicted molar refractivity (Wildman–Crippen MR) is 109 cm³/mol. The molecule has 2 heterocycles. The Kier molecular flexibility index (Phi) is 6.01. The first-order valence-corrected chi connectivity index (χ1v) is 9.81. The number of aromatic nitrogens is 1. The number of nitrogens with zero attached hydrogens (tertiary/aromatic N) is 2. The van der Waals surface area contributed by atoms with Gasteiger partial charge in [-0.05, 0) is 32.4 Å². The molecule has 1 amide bonds. The number of benzene rings is 1. The number of anilines is 1. The first-order chi connectivity index (χ1) is 13.9. The third-order valence-corrected chi connectivity index (χ3v) is 5.68. The fraction of sp³-hybridized carbons (Fsp3) is 0.200. The fourth-order valence-electron chi connectivity index (χ4n) is 2.77. The predicted octanol–water partition coefficient (Wildman–Crippen LogP) is 4.97. The van der Waals surface area contributed by atoms with Gasteiger partial charge in [0.1, 0.15) is 33.0 Å². The summed E-state index contributed by atoms with van der Waals surface area (Å²) in [5.41, 5.74) is 1.71. The molecule has 29 heavy (non-hydrogen) atoms. The second-order valence-electron chi connectivity index (χ2n) is 5.99. The van der Waals surface area contributed by atoms with Gasteiger partial charge >= 0.3 is 5.97 Å². The molecule has 0 aliphatic heterocycles. The Morgan fingerprint density at radius 1 is 1.34 bits per heavy atom. The number of thiophene rings is 1. The van der Waals surface area contributed by atoms with Crippen molar-refractivity contribution in [1.29, 1.82) is 5.26 Å². The summed E-state index contributed by atoms with van der Waals surface area (Å²) >= 11 is 7.22. The van der Waals surface area contributed by atoms with Crippen LogP contribution in [0.3, 0.4) is 0 Å². The molecule has 0 fully saturated rings. The van der Waals surface area contributed by atoms with Crippen molar-refractivity contribution >= 4 is 39.8 Å². The lowest BCUT2D eigenvalue weighted by Gasteiger charge is -2.05. The van der Waals surface area contributed by atoms with Gasteiger partial charge in [0.2, 0.25) is 0 Å². The molecule has 9 heteroatoms. The molecule has 0 spiro atoms. The van der Waals surface area contributed by atoms with Crippen molar-refractivity contribution in [3.8, 4) is 17.3 Å². The number of nitrogens with one attached hydrogen (secondary N) is 1. The highest BCUT2D eigenvalue weighted by atomic mass is 35.5. The van der Waals surface area contributed by atoms with E-state index in [2.05, 4.69) is 10.5 Å². The summed E-state index contributed by atoms with van der Waals surface area (Å²) < 4.78 is 10.2. The minimum absolute atomic E-state index is 0.200. The van der Waals surface area contributed by atoms with Crippen LogP contribution in [0.15, 0.2) is 28.8 Å². The molecule has 0 saturated carbocycles. The Morgan fingerprint density at radius 2 is 2.07 bits per heavy atom. The van der Waals surface area contributed by atoms with E-state index in [4.69, 9.17) is 20.9 Å². The lowest BCUT2D eigenvalue weighted by molar-refractivity contribution is 0.0531. The van der Waals surface area contributed by atoms with Crippen molar-refractivity contribution in [1.82, 2.24) is 5.16 Å². The lowest BCUT2D eigenvalue weighted by atomic mass is 10.1. The maximum Gasteiger partial charge on any atom is 0.348 e. The van der Waals surface area contributed by atoms with Gasteiger partial charge in [0, 0.05) is 5.56 Å². The van der Waals surface area contributed by atoms with Crippen LogP contribution in [0.2, 0.25) is 5.02 Å². The summed E-state index contributed by atoms with van der Waals surface area (Å²) in [5, 5.41) is 16.8. The average Bonchev–Trinajstić information content (AvgIpc) is 3.22. The molecule has 2 aromatic heterocycles. The van der Waals surface area contributed by atoms with Crippen LogP contribution >= 0.6 is 22.9 Å². The third kappa shape index (κ3) is 3.88. The van der Waals surface area contributed by atoms with Gasteiger partial charge < -0.3 is 14.6 Å². The number of hydrogen-bond acceptors (Lipinski definition) is 7. The molecule has 0 saturated heterocycles. The lowest BCUT2D eigenvalue weighted by Crippen LogP contribution is -2.13. The van der Waals surface area contributed by atoms with Crippen LogP contribution in [0.25, 0.3) is 11.3 Å². The van der Waals surface area contributed by atoms with Crippen molar-refractivity contribution in [3.63, 3.8) is 0 Å². The maximum atomic E-state index is 13.0. The highest BCUT2D eigenvalue weighted by Crippen LogP contribution is 2.35. The first-order valence-electron chi connectivity index (χ1n) is 8.62. The van der Waals surface area contributed by atoms with E-state index in [1.165, 1.54) is 0 Å². The molecule has 0 radical (unpaired) electrons. The number of ether oxygens (including phenoxy) is 1. The van der Waals surface area contributed by atoms with Gasteiger partial charge in [-0.3, -0.25) is 4.79 Å². The van der Waals surface area contributed by atoms with E-state index in [1.54, 1.807) is 45.0 Å². The van der Waals surface area contributed by atoms with Crippen LogP contribution in [-0.2, 0) is 4.74 Å². The van der Waals surface area contributed by atoms with Crippen molar-refractivity contribution in [3.05, 3.63) is 56.6 Å². The minimum atomic E-state index is -0.537. The van der Waals surface area contributed by atoms with Crippen LogP contribution in [0, 0.1) is 25.2 Å². The van der Waals surface area contributed by atoms with Gasteiger partial charge in [-0.1, -0.05) is 35.0 Å². The maximum absolute atomic E-state index is 13.0. The van der Waals surface area contributed by atoms with Crippen molar-refractivity contribution < 1.29 is 18.8 Å². The van der Waals surface area contributed by atoms with E-state index in [9.17, 15) is 14.9 Å². The summed E-state index contributed by atoms with van der Waals surface area (Å²) in [4.78, 5) is 25.4. The topological polar surface area (TPSA) is 105 Å². The van der Waals surface area contributed by atoms with Crippen LogP contribution in [0.1, 0.15) is 43.8 Å². The van der Waals surface area contributed by atoms with Crippen molar-refractivity contribution in [2.24, 2.45) is 0 Å². The third-order valence-electron chi connectivity index (χ3n) is 4.17. The van der Waals surface area contributed by atoms with E-state index >= 15 is 0 Å². The largest absolute Gasteiger partial charge is 0.462 e. The summed E-state index contributed by atoms with van der Waals surface area (Å²) in [6, 6.07) is 8.98. The molecule has 0 aliphatic carbocycles. The molecule has 0 aliphatic rings. The van der Waals surface area contributed by atoms with E-state index in [-0.39, 0.29) is 27.6 Å². The highest BCUT2D eigenvalue weighted by Gasteiger charge is 2.26. The summed E-state index contributed by atoms with van der Waals surface area (Å²) in [5.74, 6) is -0.758. The van der Waals surface area contributed by atoms with E-state index in [1.807, 2.05) is 6.07 Å². The molecule has 0 bridgehead atoms. The van der Waals surface area contributed by atoms with Gasteiger partial charge in [-0.2, -0.15) is 5.26 Å². The normalized spacial score (nSPS) is 10.4. The van der Waals surface area contributed by atoms with Crippen LogP contribution < -0.4 is 5.32 Å². The second-order valence-corrected chi connectivity index (χ2v) is 7.42. The summed E-state index contributed by atoms with van der Waals surface area (Å²) in [6.07, 6.45) is 0. The van der Waals surface area contributed by atoms with Gasteiger partial charge in [0.25, 0.3) is 5.91 Å². The first kappa shape index (κ1) is 20.6. The zero-order valence-electron chi connectivity index (χ0n) is 15.8. The standard InChI is InChI=1S/C20H16ClN3O4S/c1-4-27-20(26)17-10(2)13(9-22)19(29-17)23-18(25)15-11(3)28-24-16(15)12-7-5-6-8-14(12)21/h5-8H,4H2,1-3H3,(H,23,25). The number of carbonyl (C=O) groups is 2. The number of carbonyl (C=O) groups excluding carboxylic acids is 2. The molecule has 148 valence electrons. The van der Waals surface area contributed by atoms with Crippen molar-refractivity contribution in [2.75, 3.05) is 11.9 Å². The molecular weight excluding hydrogens is 414 g/mol. The summed E-state index contributed by atoms with van der Waals surface area (Å²) in [7, 11) is 0.